The SMILES string of the molecule is O=C(NCCN1CCCC1)Nc1sccc1C(=O)O. The van der Waals surface area contributed by atoms with Crippen LogP contribution in [0.25, 0.3) is 0 Å². The maximum absolute atomic E-state index is 11.6. The van der Waals surface area contributed by atoms with E-state index in [1.807, 2.05) is 0 Å². The predicted octanol–water partition coefficient (Wildman–Crippen LogP) is 1.66. The first-order chi connectivity index (χ1) is 9.16. The van der Waals surface area contributed by atoms with Crippen molar-refractivity contribution in [1.29, 1.82) is 0 Å². The Hall–Kier alpha value is -1.60. The zero-order valence-electron chi connectivity index (χ0n) is 10.5. The summed E-state index contributed by atoms with van der Waals surface area (Å²) in [6, 6.07) is 1.12. The van der Waals surface area contributed by atoms with Gasteiger partial charge in [-0.15, -0.1) is 11.3 Å². The number of rotatable bonds is 5. The van der Waals surface area contributed by atoms with Crippen LogP contribution in [-0.2, 0) is 0 Å². The average molecular weight is 283 g/mol. The number of nitrogens with one attached hydrogen (secondary N) is 2. The Morgan fingerprint density at radius 3 is 2.79 bits per heavy atom. The minimum atomic E-state index is -1.03. The number of anilines is 1. The Bertz CT molecular complexity index is 455. The number of likely N-dealkylation sites (tertiary alicyclic amines) is 1. The average Bonchev–Trinajstić information content (AvgIpc) is 2.99. The Morgan fingerprint density at radius 2 is 2.11 bits per heavy atom. The number of carbonyl (C=O) groups excluding carboxylic acids is 1. The summed E-state index contributed by atoms with van der Waals surface area (Å²) in [4.78, 5) is 24.8. The number of amides is 2. The summed E-state index contributed by atoms with van der Waals surface area (Å²) in [5, 5.41) is 16.2. The molecule has 0 unspecified atom stereocenters. The molecule has 0 spiro atoms. The number of hydrogen-bond acceptors (Lipinski definition) is 4. The maximum atomic E-state index is 11.6. The van der Waals surface area contributed by atoms with Crippen molar-refractivity contribution in [1.82, 2.24) is 10.2 Å². The molecule has 104 valence electrons. The minimum absolute atomic E-state index is 0.125. The highest BCUT2D eigenvalue weighted by atomic mass is 32.1. The summed E-state index contributed by atoms with van der Waals surface area (Å²) in [5.74, 6) is -1.03. The predicted molar refractivity (Wildman–Crippen MR) is 74.0 cm³/mol. The van der Waals surface area contributed by atoms with Crippen molar-refractivity contribution in [2.45, 2.75) is 12.8 Å². The van der Waals surface area contributed by atoms with E-state index in [9.17, 15) is 9.59 Å². The molecule has 1 aliphatic heterocycles. The zero-order valence-corrected chi connectivity index (χ0v) is 11.3. The molecular weight excluding hydrogens is 266 g/mol. The van der Waals surface area contributed by atoms with Crippen LogP contribution < -0.4 is 10.6 Å². The number of carboxylic acid groups (broad SMARTS) is 1. The fourth-order valence-corrected chi connectivity index (χ4v) is 2.83. The summed E-state index contributed by atoms with van der Waals surface area (Å²) in [5.41, 5.74) is 0.125. The molecule has 19 heavy (non-hydrogen) atoms. The van der Waals surface area contributed by atoms with E-state index in [1.54, 1.807) is 5.38 Å². The van der Waals surface area contributed by atoms with Gasteiger partial charge in [-0.1, -0.05) is 0 Å². The molecule has 3 N–H and O–H groups in total. The van der Waals surface area contributed by atoms with Gasteiger partial charge in [0.05, 0.1) is 5.56 Å². The van der Waals surface area contributed by atoms with E-state index in [1.165, 1.54) is 30.2 Å². The lowest BCUT2D eigenvalue weighted by molar-refractivity contribution is 0.0698. The second-order valence-electron chi connectivity index (χ2n) is 4.40. The fraction of sp³-hybridized carbons (Fsp3) is 0.500. The van der Waals surface area contributed by atoms with Crippen LogP contribution in [0.1, 0.15) is 23.2 Å². The number of carbonyl (C=O) groups is 2. The van der Waals surface area contributed by atoms with Crippen LogP contribution in [0, 0.1) is 0 Å². The quantitative estimate of drug-likeness (QED) is 0.767. The summed E-state index contributed by atoms with van der Waals surface area (Å²) >= 11 is 1.20. The largest absolute Gasteiger partial charge is 0.478 e. The van der Waals surface area contributed by atoms with Gasteiger partial charge in [0.1, 0.15) is 5.00 Å². The van der Waals surface area contributed by atoms with E-state index in [-0.39, 0.29) is 11.6 Å². The number of thiophene rings is 1. The lowest BCUT2D eigenvalue weighted by Gasteiger charge is -2.14. The van der Waals surface area contributed by atoms with Crippen LogP contribution in [0.15, 0.2) is 11.4 Å². The first kappa shape index (κ1) is 13.8. The molecule has 0 radical (unpaired) electrons. The molecule has 1 aliphatic rings. The number of urea groups is 1. The van der Waals surface area contributed by atoms with Gasteiger partial charge in [0.25, 0.3) is 0 Å². The highest BCUT2D eigenvalue weighted by molar-refractivity contribution is 7.14. The summed E-state index contributed by atoms with van der Waals surface area (Å²) in [6.45, 7) is 3.60. The summed E-state index contributed by atoms with van der Waals surface area (Å²) in [6.07, 6.45) is 2.45. The highest BCUT2D eigenvalue weighted by Crippen LogP contribution is 2.22. The van der Waals surface area contributed by atoms with Crippen LogP contribution in [0.5, 0.6) is 0 Å². The third kappa shape index (κ3) is 3.93. The molecule has 2 rings (SSSR count). The van der Waals surface area contributed by atoms with Crippen molar-refractivity contribution >= 4 is 28.3 Å². The van der Waals surface area contributed by atoms with E-state index >= 15 is 0 Å². The molecule has 1 fully saturated rings. The molecule has 0 bridgehead atoms. The van der Waals surface area contributed by atoms with Crippen molar-refractivity contribution < 1.29 is 14.7 Å². The number of nitrogens with zero attached hydrogens (tertiary/aromatic N) is 1. The van der Waals surface area contributed by atoms with Crippen LogP contribution >= 0.6 is 11.3 Å². The van der Waals surface area contributed by atoms with E-state index in [0.717, 1.165) is 19.6 Å². The van der Waals surface area contributed by atoms with E-state index in [0.29, 0.717) is 11.5 Å². The van der Waals surface area contributed by atoms with Crippen LogP contribution in [0.2, 0.25) is 0 Å². The van der Waals surface area contributed by atoms with Crippen LogP contribution in [-0.4, -0.2) is 48.2 Å². The molecule has 0 saturated carbocycles. The molecule has 0 aromatic carbocycles. The van der Waals surface area contributed by atoms with Gasteiger partial charge < -0.3 is 15.3 Å². The molecule has 2 heterocycles. The van der Waals surface area contributed by atoms with Crippen molar-refractivity contribution in [3.63, 3.8) is 0 Å². The Morgan fingerprint density at radius 1 is 1.37 bits per heavy atom. The van der Waals surface area contributed by atoms with Crippen molar-refractivity contribution in [3.8, 4) is 0 Å². The first-order valence-corrected chi connectivity index (χ1v) is 7.13. The van der Waals surface area contributed by atoms with E-state index < -0.39 is 5.97 Å². The number of hydrogen-bond donors (Lipinski definition) is 3. The number of carboxylic acids is 1. The van der Waals surface area contributed by atoms with Gasteiger partial charge in [0.2, 0.25) is 0 Å². The first-order valence-electron chi connectivity index (χ1n) is 6.25. The Kier molecular flexibility index (Phi) is 4.75. The molecule has 1 aromatic heterocycles. The third-order valence-corrected chi connectivity index (χ3v) is 3.86. The lowest BCUT2D eigenvalue weighted by Crippen LogP contribution is -2.36. The smallest absolute Gasteiger partial charge is 0.338 e. The highest BCUT2D eigenvalue weighted by Gasteiger charge is 2.14. The third-order valence-electron chi connectivity index (χ3n) is 3.03. The molecule has 0 atom stereocenters. The monoisotopic (exact) mass is 283 g/mol. The fourth-order valence-electron chi connectivity index (χ4n) is 2.06. The number of aromatic carboxylic acids is 1. The molecule has 1 aromatic rings. The van der Waals surface area contributed by atoms with Gasteiger partial charge in [0, 0.05) is 13.1 Å². The molecule has 2 amide bonds. The molecule has 7 heteroatoms. The van der Waals surface area contributed by atoms with Gasteiger partial charge in [-0.2, -0.15) is 0 Å². The summed E-state index contributed by atoms with van der Waals surface area (Å²) < 4.78 is 0. The molecule has 1 saturated heterocycles. The normalized spacial score (nSPS) is 15.4. The van der Waals surface area contributed by atoms with Gasteiger partial charge >= 0.3 is 12.0 Å². The second kappa shape index (κ2) is 6.53. The zero-order chi connectivity index (χ0) is 13.7. The van der Waals surface area contributed by atoms with Gasteiger partial charge in [0.15, 0.2) is 0 Å². The van der Waals surface area contributed by atoms with Gasteiger partial charge in [-0.25, -0.2) is 9.59 Å². The molecular formula is C12H17N3O3S. The molecule has 0 aliphatic carbocycles. The van der Waals surface area contributed by atoms with Crippen molar-refractivity contribution in [3.05, 3.63) is 17.0 Å². The van der Waals surface area contributed by atoms with Crippen molar-refractivity contribution in [2.24, 2.45) is 0 Å². The lowest BCUT2D eigenvalue weighted by atomic mass is 10.3. The Labute approximate surface area is 115 Å². The van der Waals surface area contributed by atoms with Crippen LogP contribution in [0.3, 0.4) is 0 Å². The summed E-state index contributed by atoms with van der Waals surface area (Å²) in [7, 11) is 0. The van der Waals surface area contributed by atoms with Gasteiger partial charge in [-0.3, -0.25) is 5.32 Å². The standard InChI is InChI=1S/C12H17N3O3S/c16-11(17)9-3-8-19-10(9)14-12(18)13-4-7-15-5-1-2-6-15/h3,8H,1-2,4-7H2,(H,16,17)(H2,13,14,18). The molecule has 6 nitrogen and oxygen atoms in total. The second-order valence-corrected chi connectivity index (χ2v) is 5.31. The van der Waals surface area contributed by atoms with Crippen LogP contribution in [0.4, 0.5) is 9.80 Å². The minimum Gasteiger partial charge on any atom is -0.478 e. The van der Waals surface area contributed by atoms with E-state index in [4.69, 9.17) is 5.11 Å². The Balaban J connectivity index is 1.74. The topological polar surface area (TPSA) is 81.7 Å². The van der Waals surface area contributed by atoms with Gasteiger partial charge in [-0.05, 0) is 37.4 Å². The van der Waals surface area contributed by atoms with E-state index in [2.05, 4.69) is 15.5 Å². The maximum Gasteiger partial charge on any atom is 0.338 e. The van der Waals surface area contributed by atoms with Crippen molar-refractivity contribution in [2.75, 3.05) is 31.5 Å².